The monoisotopic (exact) mass is 389 g/mol. The molecule has 0 unspecified atom stereocenters. The minimum absolute atomic E-state index is 0.0157. The smallest absolute Gasteiger partial charge is 0.387 e. The number of hydrogen-bond donors (Lipinski definition) is 1. The molecule has 1 heterocycles. The summed E-state index contributed by atoms with van der Waals surface area (Å²) in [6, 6.07) is 13.6. The lowest BCUT2D eigenvalue weighted by Gasteiger charge is -2.05. The SMILES string of the molecule is CCc1ccc(-c2nc(SCC(=O)c3ccc(OC(F)F)cc3)n[nH]2)cc1. The summed E-state index contributed by atoms with van der Waals surface area (Å²) in [6.45, 7) is -0.797. The first-order valence-corrected chi connectivity index (χ1v) is 9.26. The second-order valence-corrected chi connectivity index (χ2v) is 6.57. The van der Waals surface area contributed by atoms with Gasteiger partial charge in [0.05, 0.1) is 5.75 Å². The third kappa shape index (κ3) is 5.13. The van der Waals surface area contributed by atoms with E-state index in [9.17, 15) is 13.6 Å². The molecule has 0 saturated carbocycles. The average molecular weight is 389 g/mol. The Balaban J connectivity index is 1.58. The molecular formula is C19H17F2N3O2S. The van der Waals surface area contributed by atoms with Crippen LogP contribution in [0.3, 0.4) is 0 Å². The summed E-state index contributed by atoms with van der Waals surface area (Å²) in [4.78, 5) is 16.6. The van der Waals surface area contributed by atoms with Crippen molar-refractivity contribution in [1.29, 1.82) is 0 Å². The van der Waals surface area contributed by atoms with E-state index >= 15 is 0 Å². The van der Waals surface area contributed by atoms with Crippen LogP contribution in [0.1, 0.15) is 22.8 Å². The first-order valence-electron chi connectivity index (χ1n) is 8.27. The van der Waals surface area contributed by atoms with Crippen LogP contribution in [0.15, 0.2) is 53.7 Å². The van der Waals surface area contributed by atoms with Gasteiger partial charge in [0, 0.05) is 11.1 Å². The Morgan fingerprint density at radius 1 is 1.15 bits per heavy atom. The molecular weight excluding hydrogens is 372 g/mol. The van der Waals surface area contributed by atoms with Crippen molar-refractivity contribution < 1.29 is 18.3 Å². The number of carbonyl (C=O) groups is 1. The maximum Gasteiger partial charge on any atom is 0.387 e. The van der Waals surface area contributed by atoms with Gasteiger partial charge in [0.1, 0.15) is 5.75 Å². The van der Waals surface area contributed by atoms with Crippen LogP contribution in [0.5, 0.6) is 5.75 Å². The number of rotatable bonds is 8. The fourth-order valence-corrected chi connectivity index (χ4v) is 3.07. The summed E-state index contributed by atoms with van der Waals surface area (Å²) in [5, 5.41) is 7.45. The summed E-state index contributed by atoms with van der Waals surface area (Å²) in [5.41, 5.74) is 2.57. The Kier molecular flexibility index (Phi) is 6.18. The van der Waals surface area contributed by atoms with Gasteiger partial charge in [-0.25, -0.2) is 4.98 Å². The van der Waals surface area contributed by atoms with Crippen LogP contribution in [0, 0.1) is 0 Å². The molecule has 3 aromatic rings. The summed E-state index contributed by atoms with van der Waals surface area (Å²) >= 11 is 1.21. The molecule has 0 aliphatic heterocycles. The topological polar surface area (TPSA) is 67.9 Å². The molecule has 0 fully saturated rings. The zero-order valence-electron chi connectivity index (χ0n) is 14.5. The number of halogens is 2. The van der Waals surface area contributed by atoms with Gasteiger partial charge in [-0.2, -0.15) is 8.78 Å². The normalized spacial score (nSPS) is 11.0. The molecule has 1 N–H and O–H groups in total. The highest BCUT2D eigenvalue weighted by Crippen LogP contribution is 2.21. The van der Waals surface area contributed by atoms with Gasteiger partial charge in [0.2, 0.25) is 5.16 Å². The van der Waals surface area contributed by atoms with E-state index in [0.29, 0.717) is 16.5 Å². The summed E-state index contributed by atoms with van der Waals surface area (Å²) in [6.07, 6.45) is 0.967. The highest BCUT2D eigenvalue weighted by Gasteiger charge is 2.12. The Morgan fingerprint density at radius 3 is 2.48 bits per heavy atom. The van der Waals surface area contributed by atoms with E-state index in [4.69, 9.17) is 0 Å². The minimum Gasteiger partial charge on any atom is -0.435 e. The number of nitrogens with zero attached hydrogens (tertiary/aromatic N) is 2. The van der Waals surface area contributed by atoms with Crippen molar-refractivity contribution in [3.63, 3.8) is 0 Å². The number of ketones is 1. The minimum atomic E-state index is -2.89. The first-order chi connectivity index (χ1) is 13.0. The molecule has 27 heavy (non-hydrogen) atoms. The number of ether oxygens (including phenoxy) is 1. The molecule has 0 aliphatic rings. The quantitative estimate of drug-likeness (QED) is 0.450. The lowest BCUT2D eigenvalue weighted by atomic mass is 10.1. The van der Waals surface area contributed by atoms with Crippen molar-refractivity contribution in [2.24, 2.45) is 0 Å². The summed E-state index contributed by atoms with van der Waals surface area (Å²) in [7, 11) is 0. The van der Waals surface area contributed by atoms with E-state index < -0.39 is 6.61 Å². The van der Waals surface area contributed by atoms with Gasteiger partial charge in [0.15, 0.2) is 11.6 Å². The Morgan fingerprint density at radius 2 is 1.85 bits per heavy atom. The summed E-state index contributed by atoms with van der Waals surface area (Å²) in [5.74, 6) is 0.645. The number of H-pyrrole nitrogens is 1. The third-order valence-corrected chi connectivity index (χ3v) is 4.68. The van der Waals surface area contributed by atoms with E-state index in [0.717, 1.165) is 12.0 Å². The van der Waals surface area contributed by atoms with Crippen molar-refractivity contribution in [3.8, 4) is 17.1 Å². The Hall–Kier alpha value is -2.74. The highest BCUT2D eigenvalue weighted by molar-refractivity contribution is 7.99. The van der Waals surface area contributed by atoms with E-state index in [1.54, 1.807) is 0 Å². The first kappa shape index (κ1) is 19.0. The van der Waals surface area contributed by atoms with Crippen molar-refractivity contribution in [3.05, 3.63) is 59.7 Å². The van der Waals surface area contributed by atoms with Crippen molar-refractivity contribution in [2.75, 3.05) is 5.75 Å². The number of benzene rings is 2. The number of aromatic amines is 1. The standard InChI is InChI=1S/C19H17F2N3O2S/c1-2-12-3-5-14(6-4-12)17-22-19(24-23-17)27-11-16(25)13-7-9-15(10-8-13)26-18(20)21/h3-10,18H,2,11H2,1H3,(H,22,23,24). The molecule has 0 radical (unpaired) electrons. The van der Waals surface area contributed by atoms with Crippen molar-refractivity contribution >= 4 is 17.5 Å². The predicted molar refractivity (Wildman–Crippen MR) is 99.3 cm³/mol. The molecule has 0 spiro atoms. The van der Waals surface area contributed by atoms with Gasteiger partial charge in [-0.15, -0.1) is 5.10 Å². The van der Waals surface area contributed by atoms with Gasteiger partial charge in [-0.3, -0.25) is 9.89 Å². The lowest BCUT2D eigenvalue weighted by Crippen LogP contribution is -2.04. The van der Waals surface area contributed by atoms with Gasteiger partial charge >= 0.3 is 6.61 Å². The number of carbonyl (C=O) groups excluding carboxylic acids is 1. The molecule has 0 atom stereocenters. The number of aryl methyl sites for hydroxylation is 1. The number of hydrogen-bond acceptors (Lipinski definition) is 5. The molecule has 1 aromatic heterocycles. The van der Waals surface area contributed by atoms with Gasteiger partial charge in [0.25, 0.3) is 0 Å². The average Bonchev–Trinajstić information content (AvgIpc) is 3.15. The Labute approximate surface area is 159 Å². The molecule has 0 amide bonds. The number of Topliss-reactive ketones (excluding diaryl/α,β-unsaturated/α-hetero) is 1. The lowest BCUT2D eigenvalue weighted by molar-refractivity contribution is -0.0498. The zero-order valence-corrected chi connectivity index (χ0v) is 15.3. The largest absolute Gasteiger partial charge is 0.435 e. The maximum atomic E-state index is 12.2. The van der Waals surface area contributed by atoms with Crippen LogP contribution < -0.4 is 4.74 Å². The van der Waals surface area contributed by atoms with E-state index in [1.165, 1.54) is 41.6 Å². The number of thioether (sulfide) groups is 1. The van der Waals surface area contributed by atoms with E-state index in [-0.39, 0.29) is 17.3 Å². The molecule has 5 nitrogen and oxygen atoms in total. The molecule has 0 aliphatic carbocycles. The van der Waals surface area contributed by atoms with Gasteiger partial charge in [-0.05, 0) is 36.2 Å². The zero-order chi connectivity index (χ0) is 19.2. The van der Waals surface area contributed by atoms with Crippen LogP contribution in [0.25, 0.3) is 11.4 Å². The van der Waals surface area contributed by atoms with Crippen LogP contribution >= 0.6 is 11.8 Å². The Bertz CT molecular complexity index is 896. The molecule has 0 bridgehead atoms. The molecule has 3 rings (SSSR count). The fourth-order valence-electron chi connectivity index (χ4n) is 2.37. The summed E-state index contributed by atoms with van der Waals surface area (Å²) < 4.78 is 28.5. The maximum absolute atomic E-state index is 12.2. The van der Waals surface area contributed by atoms with Gasteiger partial charge in [-0.1, -0.05) is 43.0 Å². The molecule has 140 valence electrons. The van der Waals surface area contributed by atoms with E-state index in [1.807, 2.05) is 24.3 Å². The molecule has 2 aromatic carbocycles. The van der Waals surface area contributed by atoms with E-state index in [2.05, 4.69) is 26.8 Å². The third-order valence-electron chi connectivity index (χ3n) is 3.83. The van der Waals surface area contributed by atoms with Crippen LogP contribution in [0.2, 0.25) is 0 Å². The highest BCUT2D eigenvalue weighted by atomic mass is 32.2. The van der Waals surface area contributed by atoms with Gasteiger partial charge < -0.3 is 4.74 Å². The second kappa shape index (κ2) is 8.77. The van der Waals surface area contributed by atoms with Crippen LogP contribution in [0.4, 0.5) is 8.78 Å². The van der Waals surface area contributed by atoms with Crippen LogP contribution in [-0.2, 0) is 6.42 Å². The van der Waals surface area contributed by atoms with Crippen molar-refractivity contribution in [1.82, 2.24) is 15.2 Å². The number of nitrogens with one attached hydrogen (secondary N) is 1. The molecule has 0 saturated heterocycles. The second-order valence-electron chi connectivity index (χ2n) is 5.63. The fraction of sp³-hybridized carbons (Fsp3) is 0.211. The number of aromatic nitrogens is 3. The van der Waals surface area contributed by atoms with Crippen molar-refractivity contribution in [2.45, 2.75) is 25.1 Å². The van der Waals surface area contributed by atoms with Crippen LogP contribution in [-0.4, -0.2) is 33.3 Å². The number of alkyl halides is 2. The molecule has 8 heteroatoms. The predicted octanol–water partition coefficient (Wildman–Crippen LogP) is 4.61.